The van der Waals surface area contributed by atoms with Gasteiger partial charge in [0.2, 0.25) is 0 Å². The number of nitrogens with one attached hydrogen (secondary N) is 1. The molecule has 5 heteroatoms. The van der Waals surface area contributed by atoms with Gasteiger partial charge in [-0.05, 0) is 42.4 Å². The van der Waals surface area contributed by atoms with E-state index in [9.17, 15) is 9.65 Å². The SMILES string of the molecule is CCNCc1ccc(Oc2ccc(Br)cc2F)c(C#N)c1. The molecule has 21 heavy (non-hydrogen) atoms. The number of nitrogens with zero attached hydrogens (tertiary/aromatic N) is 1. The Morgan fingerprint density at radius 2 is 2.00 bits per heavy atom. The molecule has 2 aromatic carbocycles. The monoisotopic (exact) mass is 348 g/mol. The van der Waals surface area contributed by atoms with E-state index < -0.39 is 5.82 Å². The summed E-state index contributed by atoms with van der Waals surface area (Å²) in [4.78, 5) is 0. The van der Waals surface area contributed by atoms with E-state index in [1.54, 1.807) is 18.2 Å². The lowest BCUT2D eigenvalue weighted by Crippen LogP contribution is -2.11. The number of ether oxygens (including phenoxy) is 1. The molecule has 0 fully saturated rings. The summed E-state index contributed by atoms with van der Waals surface area (Å²) in [6.07, 6.45) is 0. The highest BCUT2D eigenvalue weighted by atomic mass is 79.9. The van der Waals surface area contributed by atoms with Gasteiger partial charge in [-0.3, -0.25) is 0 Å². The lowest BCUT2D eigenvalue weighted by molar-refractivity contribution is 0.440. The van der Waals surface area contributed by atoms with Gasteiger partial charge in [0.1, 0.15) is 11.8 Å². The number of rotatable bonds is 5. The van der Waals surface area contributed by atoms with Gasteiger partial charge in [-0.1, -0.05) is 28.9 Å². The molecule has 0 radical (unpaired) electrons. The molecule has 0 aromatic heterocycles. The highest BCUT2D eigenvalue weighted by Gasteiger charge is 2.10. The molecule has 0 bridgehead atoms. The molecule has 0 atom stereocenters. The van der Waals surface area contributed by atoms with Crippen LogP contribution < -0.4 is 10.1 Å². The van der Waals surface area contributed by atoms with Crippen molar-refractivity contribution in [2.24, 2.45) is 0 Å². The molecule has 0 saturated heterocycles. The Morgan fingerprint density at radius 1 is 1.24 bits per heavy atom. The fourth-order valence-corrected chi connectivity index (χ4v) is 2.14. The zero-order valence-corrected chi connectivity index (χ0v) is 13.1. The summed E-state index contributed by atoms with van der Waals surface area (Å²) in [5.74, 6) is -0.0434. The average Bonchev–Trinajstić information content (AvgIpc) is 2.48. The molecule has 0 heterocycles. The Bertz CT molecular complexity index is 682. The highest BCUT2D eigenvalue weighted by molar-refractivity contribution is 9.10. The second kappa shape index (κ2) is 7.21. The van der Waals surface area contributed by atoms with E-state index >= 15 is 0 Å². The van der Waals surface area contributed by atoms with Crippen molar-refractivity contribution >= 4 is 15.9 Å². The van der Waals surface area contributed by atoms with Crippen LogP contribution in [0.2, 0.25) is 0 Å². The minimum absolute atomic E-state index is 0.0918. The number of nitriles is 1. The molecule has 0 unspecified atom stereocenters. The van der Waals surface area contributed by atoms with Crippen LogP contribution in [0, 0.1) is 17.1 Å². The van der Waals surface area contributed by atoms with E-state index in [1.165, 1.54) is 12.1 Å². The summed E-state index contributed by atoms with van der Waals surface area (Å²) < 4.78 is 19.9. The van der Waals surface area contributed by atoms with Gasteiger partial charge in [-0.25, -0.2) is 4.39 Å². The maximum absolute atomic E-state index is 13.8. The molecule has 0 aliphatic carbocycles. The molecule has 0 amide bonds. The van der Waals surface area contributed by atoms with Crippen molar-refractivity contribution < 1.29 is 9.13 Å². The normalized spacial score (nSPS) is 10.2. The number of hydrogen-bond donors (Lipinski definition) is 1. The Hall–Kier alpha value is -1.90. The third kappa shape index (κ3) is 4.03. The number of hydrogen-bond acceptors (Lipinski definition) is 3. The fraction of sp³-hybridized carbons (Fsp3) is 0.188. The molecule has 1 N–H and O–H groups in total. The summed E-state index contributed by atoms with van der Waals surface area (Å²) in [5.41, 5.74) is 1.37. The first-order valence-electron chi connectivity index (χ1n) is 6.50. The molecular weight excluding hydrogens is 335 g/mol. The smallest absolute Gasteiger partial charge is 0.166 e. The van der Waals surface area contributed by atoms with Crippen LogP contribution in [0.3, 0.4) is 0 Å². The molecule has 2 rings (SSSR count). The second-order valence-electron chi connectivity index (χ2n) is 4.40. The first-order chi connectivity index (χ1) is 10.1. The summed E-state index contributed by atoms with van der Waals surface area (Å²) in [6, 6.07) is 11.9. The van der Waals surface area contributed by atoms with Gasteiger partial charge in [0.25, 0.3) is 0 Å². The third-order valence-corrected chi connectivity index (χ3v) is 3.35. The maximum atomic E-state index is 13.8. The summed E-state index contributed by atoms with van der Waals surface area (Å²) in [6.45, 7) is 3.54. The summed E-state index contributed by atoms with van der Waals surface area (Å²) in [5, 5.41) is 12.4. The van der Waals surface area contributed by atoms with Gasteiger partial charge < -0.3 is 10.1 Å². The van der Waals surface area contributed by atoms with Gasteiger partial charge in [0.05, 0.1) is 5.56 Å². The largest absolute Gasteiger partial charge is 0.453 e. The number of halogens is 2. The van der Waals surface area contributed by atoms with Crippen molar-refractivity contribution in [3.05, 3.63) is 57.8 Å². The molecular formula is C16H14BrFN2O. The van der Waals surface area contributed by atoms with Gasteiger partial charge in [-0.2, -0.15) is 5.26 Å². The van der Waals surface area contributed by atoms with Crippen molar-refractivity contribution in [1.82, 2.24) is 5.32 Å². The molecule has 108 valence electrons. The standard InChI is InChI=1S/C16H14BrFN2O/c1-2-20-10-11-3-5-15(12(7-11)9-19)21-16-6-4-13(17)8-14(16)18/h3-8,20H,2,10H2,1H3. The van der Waals surface area contributed by atoms with Crippen molar-refractivity contribution in [3.8, 4) is 17.6 Å². The van der Waals surface area contributed by atoms with Crippen molar-refractivity contribution in [2.75, 3.05) is 6.54 Å². The summed E-state index contributed by atoms with van der Waals surface area (Å²) in [7, 11) is 0. The predicted octanol–water partition coefficient (Wildman–Crippen LogP) is 4.36. The molecule has 2 aromatic rings. The van der Waals surface area contributed by atoms with Crippen LogP contribution >= 0.6 is 15.9 Å². The van der Waals surface area contributed by atoms with Crippen LogP contribution in [-0.4, -0.2) is 6.54 Å². The van der Waals surface area contributed by atoms with E-state index in [0.29, 0.717) is 22.3 Å². The Morgan fingerprint density at radius 3 is 2.67 bits per heavy atom. The van der Waals surface area contributed by atoms with E-state index in [1.807, 2.05) is 13.0 Å². The van der Waals surface area contributed by atoms with E-state index in [2.05, 4.69) is 27.3 Å². The maximum Gasteiger partial charge on any atom is 0.166 e. The van der Waals surface area contributed by atoms with Crippen molar-refractivity contribution in [1.29, 1.82) is 5.26 Å². The molecule has 0 aliphatic rings. The van der Waals surface area contributed by atoms with Crippen LogP contribution in [-0.2, 0) is 6.54 Å². The fourth-order valence-electron chi connectivity index (χ4n) is 1.81. The Kier molecular flexibility index (Phi) is 5.32. The van der Waals surface area contributed by atoms with E-state index in [-0.39, 0.29) is 5.75 Å². The van der Waals surface area contributed by atoms with Gasteiger partial charge in [0, 0.05) is 11.0 Å². The molecule has 0 spiro atoms. The average molecular weight is 349 g/mol. The lowest BCUT2D eigenvalue weighted by atomic mass is 10.1. The first kappa shape index (κ1) is 15.5. The molecule has 0 saturated carbocycles. The lowest BCUT2D eigenvalue weighted by Gasteiger charge is -2.10. The second-order valence-corrected chi connectivity index (χ2v) is 5.32. The highest BCUT2D eigenvalue weighted by Crippen LogP contribution is 2.29. The minimum atomic E-state index is -0.481. The van der Waals surface area contributed by atoms with Crippen LogP contribution in [0.15, 0.2) is 40.9 Å². The van der Waals surface area contributed by atoms with Gasteiger partial charge in [-0.15, -0.1) is 0 Å². The number of benzene rings is 2. The van der Waals surface area contributed by atoms with Gasteiger partial charge in [0.15, 0.2) is 11.6 Å². The van der Waals surface area contributed by atoms with Crippen molar-refractivity contribution in [2.45, 2.75) is 13.5 Å². The minimum Gasteiger partial charge on any atom is -0.453 e. The first-order valence-corrected chi connectivity index (χ1v) is 7.30. The van der Waals surface area contributed by atoms with Crippen LogP contribution in [0.25, 0.3) is 0 Å². The Labute approximate surface area is 131 Å². The van der Waals surface area contributed by atoms with Crippen LogP contribution in [0.4, 0.5) is 4.39 Å². The zero-order chi connectivity index (χ0) is 15.2. The topological polar surface area (TPSA) is 45.0 Å². The van der Waals surface area contributed by atoms with Crippen LogP contribution in [0.1, 0.15) is 18.1 Å². The van der Waals surface area contributed by atoms with E-state index in [4.69, 9.17) is 4.74 Å². The molecule has 0 aliphatic heterocycles. The zero-order valence-electron chi connectivity index (χ0n) is 11.5. The molecule has 3 nitrogen and oxygen atoms in total. The van der Waals surface area contributed by atoms with Crippen molar-refractivity contribution in [3.63, 3.8) is 0 Å². The third-order valence-electron chi connectivity index (χ3n) is 2.86. The Balaban J connectivity index is 2.25. The quantitative estimate of drug-likeness (QED) is 0.872. The van der Waals surface area contributed by atoms with Crippen LogP contribution in [0.5, 0.6) is 11.5 Å². The van der Waals surface area contributed by atoms with E-state index in [0.717, 1.165) is 12.1 Å². The summed E-state index contributed by atoms with van der Waals surface area (Å²) >= 11 is 3.19. The predicted molar refractivity (Wildman–Crippen MR) is 82.7 cm³/mol. The van der Waals surface area contributed by atoms with Gasteiger partial charge >= 0.3 is 0 Å².